The number of nitrogens with one attached hydrogen (secondary N) is 3. The number of hydrogen-bond donors (Lipinski definition) is 3. The average molecular weight is 212 g/mol. The molecule has 0 bridgehead atoms. The minimum Gasteiger partial charge on any atom is -0.379 e. The summed E-state index contributed by atoms with van der Waals surface area (Å²) in [4.78, 5) is 3.04. The van der Waals surface area contributed by atoms with Gasteiger partial charge in [-0.3, -0.25) is 5.10 Å². The third-order valence-electron chi connectivity index (χ3n) is 2.62. The molecule has 4 nitrogen and oxygen atoms in total. The molecule has 0 amide bonds. The fraction of sp³-hybridized carbons (Fsp3) is 0.0833. The lowest BCUT2D eigenvalue weighted by Crippen LogP contribution is -1.98. The Labute approximate surface area is 92.7 Å². The number of anilines is 1. The third kappa shape index (κ3) is 1.54. The number of para-hydroxylation sites is 1. The molecule has 0 aliphatic carbocycles. The predicted octanol–water partition coefficient (Wildman–Crippen LogP) is 2.50. The van der Waals surface area contributed by atoms with Crippen molar-refractivity contribution in [2.24, 2.45) is 0 Å². The maximum absolute atomic E-state index is 4.04. The second kappa shape index (κ2) is 3.73. The summed E-state index contributed by atoms with van der Waals surface area (Å²) in [6.45, 7) is 0.807. The number of aromatic nitrogens is 3. The molecule has 3 aromatic rings. The van der Waals surface area contributed by atoms with Crippen molar-refractivity contribution >= 4 is 16.6 Å². The average Bonchev–Trinajstić information content (AvgIpc) is 2.97. The van der Waals surface area contributed by atoms with E-state index in [0.717, 1.165) is 23.1 Å². The van der Waals surface area contributed by atoms with Crippen LogP contribution < -0.4 is 5.32 Å². The first kappa shape index (κ1) is 9.03. The Hall–Kier alpha value is -2.23. The van der Waals surface area contributed by atoms with Gasteiger partial charge >= 0.3 is 0 Å². The van der Waals surface area contributed by atoms with Crippen LogP contribution in [0.4, 0.5) is 5.69 Å². The van der Waals surface area contributed by atoms with Gasteiger partial charge in [0.2, 0.25) is 0 Å². The van der Waals surface area contributed by atoms with Crippen molar-refractivity contribution in [3.63, 3.8) is 0 Å². The normalized spacial score (nSPS) is 10.8. The Bertz CT molecular complexity index is 580. The van der Waals surface area contributed by atoms with E-state index in [1.54, 1.807) is 0 Å². The van der Waals surface area contributed by atoms with Crippen LogP contribution in [0.2, 0.25) is 0 Å². The Kier molecular flexibility index (Phi) is 2.11. The molecule has 80 valence electrons. The van der Waals surface area contributed by atoms with Gasteiger partial charge in [-0.25, -0.2) is 0 Å². The lowest BCUT2D eigenvalue weighted by molar-refractivity contribution is 1.11. The van der Waals surface area contributed by atoms with Crippen molar-refractivity contribution in [1.82, 2.24) is 15.2 Å². The smallest absolute Gasteiger partial charge is 0.0881 e. The highest BCUT2D eigenvalue weighted by Gasteiger charge is 2.01. The molecule has 2 aromatic heterocycles. The van der Waals surface area contributed by atoms with E-state index in [0.29, 0.717) is 0 Å². The van der Waals surface area contributed by atoms with Crippen molar-refractivity contribution < 1.29 is 0 Å². The van der Waals surface area contributed by atoms with E-state index in [-0.39, 0.29) is 0 Å². The summed E-state index contributed by atoms with van der Waals surface area (Å²) in [5, 5.41) is 11.5. The van der Waals surface area contributed by atoms with Gasteiger partial charge < -0.3 is 10.3 Å². The zero-order valence-electron chi connectivity index (χ0n) is 8.70. The molecule has 4 heteroatoms. The van der Waals surface area contributed by atoms with Gasteiger partial charge in [0.25, 0.3) is 0 Å². The fourth-order valence-corrected chi connectivity index (χ4v) is 1.78. The summed E-state index contributed by atoms with van der Waals surface area (Å²) < 4.78 is 0. The number of nitrogens with zero attached hydrogens (tertiary/aromatic N) is 1. The predicted molar refractivity (Wildman–Crippen MR) is 64.2 cm³/mol. The highest BCUT2D eigenvalue weighted by atomic mass is 15.1. The number of H-pyrrole nitrogens is 2. The number of aromatic amines is 2. The van der Waals surface area contributed by atoms with Gasteiger partial charge in [-0.1, -0.05) is 12.1 Å². The molecule has 0 fully saturated rings. The highest BCUT2D eigenvalue weighted by Crippen LogP contribution is 2.20. The molecule has 0 aliphatic rings. The van der Waals surface area contributed by atoms with Crippen LogP contribution in [-0.2, 0) is 6.54 Å². The topological polar surface area (TPSA) is 56.5 Å². The summed E-state index contributed by atoms with van der Waals surface area (Å²) in [7, 11) is 0. The first-order chi connectivity index (χ1) is 7.93. The SMILES string of the molecule is c1cc(NCc2cc[nH]c2)c2[nH]ncc2c1. The van der Waals surface area contributed by atoms with Crippen LogP contribution in [0.5, 0.6) is 0 Å². The van der Waals surface area contributed by atoms with Crippen LogP contribution >= 0.6 is 0 Å². The maximum atomic E-state index is 4.04. The zero-order chi connectivity index (χ0) is 10.8. The van der Waals surface area contributed by atoms with E-state index in [4.69, 9.17) is 0 Å². The monoisotopic (exact) mass is 212 g/mol. The van der Waals surface area contributed by atoms with Gasteiger partial charge in [-0.05, 0) is 17.7 Å². The zero-order valence-corrected chi connectivity index (χ0v) is 8.70. The molecule has 3 N–H and O–H groups in total. The Morgan fingerprint density at radius 2 is 2.25 bits per heavy atom. The molecule has 0 saturated carbocycles. The molecule has 0 spiro atoms. The van der Waals surface area contributed by atoms with Crippen LogP contribution in [0.3, 0.4) is 0 Å². The molecular weight excluding hydrogens is 200 g/mol. The van der Waals surface area contributed by atoms with Gasteiger partial charge in [0.15, 0.2) is 0 Å². The minimum absolute atomic E-state index is 0.807. The summed E-state index contributed by atoms with van der Waals surface area (Å²) in [6, 6.07) is 8.17. The highest BCUT2D eigenvalue weighted by molar-refractivity contribution is 5.89. The first-order valence-electron chi connectivity index (χ1n) is 5.21. The Morgan fingerprint density at radius 3 is 3.12 bits per heavy atom. The lowest BCUT2D eigenvalue weighted by atomic mass is 10.2. The van der Waals surface area contributed by atoms with Crippen molar-refractivity contribution in [3.8, 4) is 0 Å². The fourth-order valence-electron chi connectivity index (χ4n) is 1.78. The largest absolute Gasteiger partial charge is 0.379 e. The molecule has 1 aromatic carbocycles. The van der Waals surface area contributed by atoms with E-state index >= 15 is 0 Å². The van der Waals surface area contributed by atoms with Crippen molar-refractivity contribution in [2.45, 2.75) is 6.54 Å². The first-order valence-corrected chi connectivity index (χ1v) is 5.21. The van der Waals surface area contributed by atoms with E-state index in [9.17, 15) is 0 Å². The van der Waals surface area contributed by atoms with E-state index in [1.807, 2.05) is 36.8 Å². The maximum Gasteiger partial charge on any atom is 0.0881 e. The molecule has 3 rings (SSSR count). The van der Waals surface area contributed by atoms with Gasteiger partial charge in [0.1, 0.15) is 0 Å². The summed E-state index contributed by atoms with van der Waals surface area (Å²) in [5.74, 6) is 0. The second-order valence-electron chi connectivity index (χ2n) is 3.71. The third-order valence-corrected chi connectivity index (χ3v) is 2.62. The molecule has 0 unspecified atom stereocenters. The van der Waals surface area contributed by atoms with Crippen LogP contribution in [-0.4, -0.2) is 15.2 Å². The van der Waals surface area contributed by atoms with Gasteiger partial charge in [0.05, 0.1) is 17.4 Å². The van der Waals surface area contributed by atoms with E-state index in [1.165, 1.54) is 5.56 Å². The lowest BCUT2D eigenvalue weighted by Gasteiger charge is -2.05. The summed E-state index contributed by atoms with van der Waals surface area (Å²) in [6.07, 6.45) is 5.74. The number of benzene rings is 1. The van der Waals surface area contributed by atoms with Crippen LogP contribution in [0, 0.1) is 0 Å². The molecule has 16 heavy (non-hydrogen) atoms. The van der Waals surface area contributed by atoms with Crippen molar-refractivity contribution in [1.29, 1.82) is 0 Å². The Balaban J connectivity index is 1.86. The second-order valence-corrected chi connectivity index (χ2v) is 3.71. The Morgan fingerprint density at radius 1 is 1.25 bits per heavy atom. The summed E-state index contributed by atoms with van der Waals surface area (Å²) in [5.41, 5.74) is 3.37. The van der Waals surface area contributed by atoms with E-state index in [2.05, 4.69) is 26.6 Å². The van der Waals surface area contributed by atoms with E-state index < -0.39 is 0 Å². The standard InChI is InChI=1S/C12H12N4/c1-2-10-8-15-16-12(10)11(3-1)14-7-9-4-5-13-6-9/h1-6,8,13-14H,7H2,(H,15,16). The van der Waals surface area contributed by atoms with Gasteiger partial charge in [-0.15, -0.1) is 0 Å². The van der Waals surface area contributed by atoms with Crippen LogP contribution in [0.15, 0.2) is 42.9 Å². The van der Waals surface area contributed by atoms with Gasteiger partial charge in [0, 0.05) is 24.3 Å². The summed E-state index contributed by atoms with van der Waals surface area (Å²) >= 11 is 0. The minimum atomic E-state index is 0.807. The molecule has 0 atom stereocenters. The number of hydrogen-bond acceptors (Lipinski definition) is 2. The molecule has 0 saturated heterocycles. The number of rotatable bonds is 3. The van der Waals surface area contributed by atoms with Crippen LogP contribution in [0.1, 0.15) is 5.56 Å². The molecule has 0 aliphatic heterocycles. The quantitative estimate of drug-likeness (QED) is 0.624. The van der Waals surface area contributed by atoms with Crippen molar-refractivity contribution in [2.75, 3.05) is 5.32 Å². The molecule has 0 radical (unpaired) electrons. The van der Waals surface area contributed by atoms with Gasteiger partial charge in [-0.2, -0.15) is 5.10 Å². The molecule has 2 heterocycles. The van der Waals surface area contributed by atoms with Crippen LogP contribution in [0.25, 0.3) is 10.9 Å². The molecular formula is C12H12N4. The number of fused-ring (bicyclic) bond motifs is 1. The van der Waals surface area contributed by atoms with Crippen molar-refractivity contribution in [3.05, 3.63) is 48.4 Å².